The first-order chi connectivity index (χ1) is 5.73. The van der Waals surface area contributed by atoms with E-state index in [0.29, 0.717) is 0 Å². The van der Waals surface area contributed by atoms with Crippen LogP contribution in [0.25, 0.3) is 0 Å². The Hall–Kier alpha value is -0.470. The van der Waals surface area contributed by atoms with Gasteiger partial charge in [0.2, 0.25) is 0 Å². The Kier molecular flexibility index (Phi) is 3.18. The number of thiocarbonyl (C=S) groups is 1. The van der Waals surface area contributed by atoms with E-state index < -0.39 is 5.06 Å². The summed E-state index contributed by atoms with van der Waals surface area (Å²) in [6, 6.07) is -0.285. The molecule has 0 aromatic carbocycles. The molecule has 0 aromatic rings. The summed E-state index contributed by atoms with van der Waals surface area (Å²) >= 11 is 10.6. The molecule has 2 nitrogen and oxygen atoms in total. The van der Waals surface area contributed by atoms with Crippen molar-refractivity contribution in [3.05, 3.63) is 24.3 Å². The average molecular weight is 202 g/mol. The van der Waals surface area contributed by atoms with Crippen molar-refractivity contribution < 1.29 is 4.74 Å². The van der Waals surface area contributed by atoms with Gasteiger partial charge in [0.05, 0.1) is 5.16 Å². The van der Waals surface area contributed by atoms with Crippen LogP contribution in [-0.2, 0) is 4.74 Å². The lowest BCUT2D eigenvalue weighted by atomic mass is 10.1. The van der Waals surface area contributed by atoms with Crippen LogP contribution in [0.1, 0.15) is 0 Å². The second kappa shape index (κ2) is 3.97. The van der Waals surface area contributed by atoms with Crippen LogP contribution in [0, 0.1) is 0 Å². The summed E-state index contributed by atoms with van der Waals surface area (Å²) < 4.78 is 5.09. The maximum Gasteiger partial charge on any atom is 0.186 e. The Labute approximate surface area is 81.6 Å². The van der Waals surface area contributed by atoms with Crippen molar-refractivity contribution in [2.75, 3.05) is 7.11 Å². The molecule has 0 aliphatic heterocycles. The monoisotopic (exact) mass is 201 g/mol. The van der Waals surface area contributed by atoms with Gasteiger partial charge in [0.1, 0.15) is 6.04 Å². The van der Waals surface area contributed by atoms with E-state index in [2.05, 4.69) is 22.4 Å². The highest BCUT2D eigenvalue weighted by Crippen LogP contribution is 2.28. The minimum Gasteiger partial charge on any atom is -0.357 e. The zero-order chi connectivity index (χ0) is 9.03. The first kappa shape index (κ1) is 9.62. The predicted molar refractivity (Wildman–Crippen MR) is 52.7 cm³/mol. The second-order valence-electron chi connectivity index (χ2n) is 2.31. The van der Waals surface area contributed by atoms with Gasteiger partial charge < -0.3 is 4.74 Å². The van der Waals surface area contributed by atoms with Gasteiger partial charge in [-0.25, -0.2) is 4.99 Å². The van der Waals surface area contributed by atoms with Gasteiger partial charge in [-0.05, 0) is 18.3 Å². The van der Waals surface area contributed by atoms with Crippen LogP contribution in [0.4, 0.5) is 0 Å². The Morgan fingerprint density at radius 2 is 2.42 bits per heavy atom. The summed E-state index contributed by atoms with van der Waals surface area (Å²) in [6.07, 6.45) is 7.21. The van der Waals surface area contributed by atoms with Crippen molar-refractivity contribution in [3.8, 4) is 0 Å². The van der Waals surface area contributed by atoms with E-state index in [9.17, 15) is 0 Å². The maximum absolute atomic E-state index is 6.06. The molecule has 0 fully saturated rings. The highest BCUT2D eigenvalue weighted by Gasteiger charge is 2.33. The highest BCUT2D eigenvalue weighted by atomic mass is 35.5. The SMILES string of the molecule is COC1(Cl)C=CC=CC1N=C=S. The van der Waals surface area contributed by atoms with Gasteiger partial charge >= 0.3 is 0 Å². The molecule has 4 heteroatoms. The lowest BCUT2D eigenvalue weighted by molar-refractivity contribution is 0.0935. The maximum atomic E-state index is 6.06. The number of methoxy groups -OCH3 is 1. The van der Waals surface area contributed by atoms with Crippen LogP contribution in [0.3, 0.4) is 0 Å². The van der Waals surface area contributed by atoms with Crippen molar-refractivity contribution in [1.82, 2.24) is 0 Å². The molecule has 0 saturated carbocycles. The fourth-order valence-corrected chi connectivity index (χ4v) is 1.27. The van der Waals surface area contributed by atoms with Crippen LogP contribution < -0.4 is 0 Å². The molecule has 0 radical (unpaired) electrons. The van der Waals surface area contributed by atoms with Crippen molar-refractivity contribution >= 4 is 29.0 Å². The summed E-state index contributed by atoms with van der Waals surface area (Å²) in [6.45, 7) is 0. The molecule has 0 saturated heterocycles. The lowest BCUT2D eigenvalue weighted by Crippen LogP contribution is -2.35. The molecular weight excluding hydrogens is 194 g/mol. The van der Waals surface area contributed by atoms with Gasteiger partial charge in [0, 0.05) is 7.11 Å². The van der Waals surface area contributed by atoms with E-state index in [1.807, 2.05) is 18.2 Å². The standard InChI is InChI=1S/C8H8ClNOS/c1-11-8(9)5-3-2-4-7(8)10-6-12/h2-5,7H,1H3. The van der Waals surface area contributed by atoms with Gasteiger partial charge in [-0.3, -0.25) is 0 Å². The molecule has 1 aliphatic carbocycles. The topological polar surface area (TPSA) is 21.6 Å². The van der Waals surface area contributed by atoms with Gasteiger partial charge in [0.15, 0.2) is 5.06 Å². The van der Waals surface area contributed by atoms with E-state index in [1.165, 1.54) is 7.11 Å². The summed E-state index contributed by atoms with van der Waals surface area (Å²) in [7, 11) is 1.53. The minimum atomic E-state index is -0.902. The summed E-state index contributed by atoms with van der Waals surface area (Å²) in [5.74, 6) is 0. The van der Waals surface area contributed by atoms with Crippen LogP contribution in [-0.4, -0.2) is 23.4 Å². The number of allylic oxidation sites excluding steroid dienone is 2. The lowest BCUT2D eigenvalue weighted by Gasteiger charge is -2.27. The van der Waals surface area contributed by atoms with Crippen molar-refractivity contribution in [1.29, 1.82) is 0 Å². The van der Waals surface area contributed by atoms with Crippen LogP contribution in [0.5, 0.6) is 0 Å². The van der Waals surface area contributed by atoms with E-state index in [-0.39, 0.29) is 6.04 Å². The average Bonchev–Trinajstić information content (AvgIpc) is 2.10. The molecule has 1 rings (SSSR count). The van der Waals surface area contributed by atoms with Gasteiger partial charge in [-0.15, -0.1) is 0 Å². The van der Waals surface area contributed by atoms with Crippen LogP contribution in [0.15, 0.2) is 29.3 Å². The predicted octanol–water partition coefficient (Wildman–Crippen LogP) is 2.17. The normalized spacial score (nSPS) is 33.0. The third-order valence-corrected chi connectivity index (χ3v) is 2.25. The summed E-state index contributed by atoms with van der Waals surface area (Å²) in [4.78, 5) is 3.88. The van der Waals surface area contributed by atoms with Gasteiger partial charge in [0.25, 0.3) is 0 Å². The van der Waals surface area contributed by atoms with Gasteiger partial charge in [-0.2, -0.15) is 0 Å². The molecular formula is C8H8ClNOS. The van der Waals surface area contributed by atoms with Crippen molar-refractivity contribution in [3.63, 3.8) is 0 Å². The van der Waals surface area contributed by atoms with Crippen LogP contribution >= 0.6 is 23.8 Å². The van der Waals surface area contributed by atoms with E-state index in [1.54, 1.807) is 6.08 Å². The van der Waals surface area contributed by atoms with Crippen molar-refractivity contribution in [2.24, 2.45) is 4.99 Å². The molecule has 0 N–H and O–H groups in total. The molecule has 0 aromatic heterocycles. The fourth-order valence-electron chi connectivity index (χ4n) is 0.963. The molecule has 1 aliphatic rings. The van der Waals surface area contributed by atoms with E-state index >= 15 is 0 Å². The fraction of sp³-hybridized carbons (Fsp3) is 0.375. The summed E-state index contributed by atoms with van der Waals surface area (Å²) in [5, 5.41) is 1.38. The Balaban J connectivity index is 2.91. The molecule has 12 heavy (non-hydrogen) atoms. The first-order valence-corrected chi connectivity index (χ1v) is 4.18. The number of nitrogens with zero attached hydrogens (tertiary/aromatic N) is 1. The third kappa shape index (κ3) is 1.82. The molecule has 0 amide bonds. The molecule has 64 valence electrons. The zero-order valence-corrected chi connectivity index (χ0v) is 8.10. The number of halogens is 1. The van der Waals surface area contributed by atoms with Gasteiger partial charge in [-0.1, -0.05) is 29.8 Å². The summed E-state index contributed by atoms with van der Waals surface area (Å²) in [5.41, 5.74) is 0. The van der Waals surface area contributed by atoms with E-state index in [0.717, 1.165) is 0 Å². The molecule has 0 heterocycles. The smallest absolute Gasteiger partial charge is 0.186 e. The number of alkyl halides is 1. The highest BCUT2D eigenvalue weighted by molar-refractivity contribution is 7.78. The Morgan fingerprint density at radius 1 is 1.67 bits per heavy atom. The number of rotatable bonds is 2. The number of aliphatic imine (C=N–C) groups is 1. The quantitative estimate of drug-likeness (QED) is 0.388. The molecule has 0 bridgehead atoms. The Morgan fingerprint density at radius 3 is 3.00 bits per heavy atom. The number of hydrogen-bond donors (Lipinski definition) is 0. The first-order valence-electron chi connectivity index (χ1n) is 3.40. The van der Waals surface area contributed by atoms with Crippen molar-refractivity contribution in [2.45, 2.75) is 11.1 Å². The second-order valence-corrected chi connectivity index (χ2v) is 3.08. The largest absolute Gasteiger partial charge is 0.357 e. The molecule has 0 spiro atoms. The Bertz CT molecular complexity index is 270. The van der Waals surface area contributed by atoms with Crippen LogP contribution in [0.2, 0.25) is 0 Å². The van der Waals surface area contributed by atoms with E-state index in [4.69, 9.17) is 16.3 Å². The minimum absolute atomic E-state index is 0.285. The number of hydrogen-bond acceptors (Lipinski definition) is 3. The molecule has 2 atom stereocenters. The molecule has 2 unspecified atom stereocenters. The third-order valence-electron chi connectivity index (χ3n) is 1.64. The zero-order valence-electron chi connectivity index (χ0n) is 6.53. The number of ether oxygens (including phenoxy) is 1. The number of isothiocyanates is 1.